The van der Waals surface area contributed by atoms with Crippen LogP contribution in [0.4, 0.5) is 0 Å². The van der Waals surface area contributed by atoms with E-state index >= 15 is 0 Å². The minimum Gasteiger partial charge on any atom is -0.497 e. The number of ether oxygens (including phenoxy) is 2. The first-order valence-corrected chi connectivity index (χ1v) is 9.90. The van der Waals surface area contributed by atoms with E-state index in [4.69, 9.17) is 9.47 Å². The fourth-order valence-corrected chi connectivity index (χ4v) is 3.88. The highest BCUT2D eigenvalue weighted by atomic mass is 16.5. The molecule has 0 radical (unpaired) electrons. The van der Waals surface area contributed by atoms with Crippen LogP contribution in [0.15, 0.2) is 42.5 Å². The number of amides is 2. The third-order valence-corrected chi connectivity index (χ3v) is 5.63. The summed E-state index contributed by atoms with van der Waals surface area (Å²) in [6.45, 7) is 3.88. The van der Waals surface area contributed by atoms with Gasteiger partial charge in [-0.2, -0.15) is 0 Å². The Kier molecular flexibility index (Phi) is 5.35. The molecule has 0 spiro atoms. The summed E-state index contributed by atoms with van der Waals surface area (Å²) in [5, 5.41) is 1.06. The Labute approximate surface area is 175 Å². The maximum Gasteiger partial charge on any atom is 0.270 e. The molecule has 2 heterocycles. The number of methoxy groups -OCH3 is 2. The van der Waals surface area contributed by atoms with Crippen LogP contribution in [-0.4, -0.2) is 67.0 Å². The van der Waals surface area contributed by atoms with Crippen molar-refractivity contribution in [2.75, 3.05) is 40.4 Å². The molecule has 0 atom stereocenters. The van der Waals surface area contributed by atoms with Crippen LogP contribution >= 0.6 is 0 Å². The zero-order valence-corrected chi connectivity index (χ0v) is 17.4. The lowest BCUT2D eigenvalue weighted by Gasteiger charge is -2.34. The van der Waals surface area contributed by atoms with Crippen LogP contribution in [0.1, 0.15) is 26.4 Å². The summed E-state index contributed by atoms with van der Waals surface area (Å²) in [6.07, 6.45) is 0. The van der Waals surface area contributed by atoms with Crippen LogP contribution in [0.25, 0.3) is 10.9 Å². The molecule has 7 nitrogen and oxygen atoms in total. The van der Waals surface area contributed by atoms with Crippen molar-refractivity contribution in [3.8, 4) is 11.5 Å². The van der Waals surface area contributed by atoms with Crippen molar-refractivity contribution >= 4 is 22.7 Å². The molecule has 30 heavy (non-hydrogen) atoms. The molecule has 156 valence electrons. The van der Waals surface area contributed by atoms with Gasteiger partial charge in [0.15, 0.2) is 0 Å². The van der Waals surface area contributed by atoms with Crippen molar-refractivity contribution in [3.63, 3.8) is 0 Å². The Morgan fingerprint density at radius 3 is 2.00 bits per heavy atom. The van der Waals surface area contributed by atoms with Crippen LogP contribution in [0.3, 0.4) is 0 Å². The molecular formula is C23H25N3O4. The molecule has 4 rings (SSSR count). The highest BCUT2D eigenvalue weighted by Crippen LogP contribution is 2.25. The predicted octanol–water partition coefficient (Wildman–Crippen LogP) is 3.09. The van der Waals surface area contributed by atoms with Crippen molar-refractivity contribution in [1.82, 2.24) is 14.8 Å². The lowest BCUT2D eigenvalue weighted by Crippen LogP contribution is -2.50. The monoisotopic (exact) mass is 407 g/mol. The molecule has 1 N–H and O–H groups in total. The number of carbonyl (C=O) groups excluding carboxylic acids is 2. The Morgan fingerprint density at radius 2 is 1.43 bits per heavy atom. The number of aromatic amines is 1. The summed E-state index contributed by atoms with van der Waals surface area (Å²) in [5.41, 5.74) is 3.04. The van der Waals surface area contributed by atoms with Gasteiger partial charge in [0.1, 0.15) is 17.2 Å². The van der Waals surface area contributed by atoms with Crippen LogP contribution in [0, 0.1) is 6.92 Å². The first-order valence-electron chi connectivity index (χ1n) is 9.90. The Balaban J connectivity index is 1.46. The quantitative estimate of drug-likeness (QED) is 0.721. The number of benzene rings is 2. The Bertz CT molecular complexity index is 1070. The maximum atomic E-state index is 13.1. The average Bonchev–Trinajstić information content (AvgIpc) is 3.14. The van der Waals surface area contributed by atoms with E-state index in [0.717, 1.165) is 16.5 Å². The van der Waals surface area contributed by atoms with E-state index in [9.17, 15) is 9.59 Å². The minimum atomic E-state index is -0.0962. The summed E-state index contributed by atoms with van der Waals surface area (Å²) < 4.78 is 10.5. The van der Waals surface area contributed by atoms with Gasteiger partial charge in [0, 0.05) is 48.7 Å². The molecule has 1 aliphatic heterocycles. The van der Waals surface area contributed by atoms with Gasteiger partial charge in [-0.25, -0.2) is 0 Å². The number of H-pyrrole nitrogens is 1. The van der Waals surface area contributed by atoms with Gasteiger partial charge in [-0.1, -0.05) is 18.2 Å². The van der Waals surface area contributed by atoms with Crippen molar-refractivity contribution in [2.45, 2.75) is 6.92 Å². The number of rotatable bonds is 4. The zero-order valence-electron chi connectivity index (χ0n) is 17.4. The fourth-order valence-electron chi connectivity index (χ4n) is 3.88. The van der Waals surface area contributed by atoms with Crippen molar-refractivity contribution in [2.24, 2.45) is 0 Å². The molecule has 1 fully saturated rings. The summed E-state index contributed by atoms with van der Waals surface area (Å²) in [4.78, 5) is 32.8. The van der Waals surface area contributed by atoms with Gasteiger partial charge in [-0.15, -0.1) is 0 Å². The molecule has 2 amide bonds. The standard InChI is InChI=1S/C23H25N3O4/c1-15-19-6-4-5-7-20(19)24-21(15)23(28)26-10-8-25(9-11-26)22(27)16-12-17(29-2)14-18(13-16)30-3/h4-7,12-14,24H,8-11H2,1-3H3. The number of fused-ring (bicyclic) bond motifs is 1. The molecule has 0 saturated carbocycles. The van der Waals surface area contributed by atoms with Gasteiger partial charge < -0.3 is 24.3 Å². The van der Waals surface area contributed by atoms with E-state index in [-0.39, 0.29) is 11.8 Å². The Hall–Kier alpha value is -3.48. The minimum absolute atomic E-state index is 0.0288. The highest BCUT2D eigenvalue weighted by Gasteiger charge is 2.27. The van der Waals surface area contributed by atoms with Crippen LogP contribution in [0.5, 0.6) is 11.5 Å². The first kappa shape index (κ1) is 19.8. The highest BCUT2D eigenvalue weighted by molar-refractivity contribution is 6.01. The molecule has 7 heteroatoms. The second kappa shape index (κ2) is 8.10. The van der Waals surface area contributed by atoms with Crippen molar-refractivity contribution in [3.05, 3.63) is 59.3 Å². The largest absolute Gasteiger partial charge is 0.497 e. The van der Waals surface area contributed by atoms with Gasteiger partial charge in [-0.3, -0.25) is 9.59 Å². The van der Waals surface area contributed by atoms with Gasteiger partial charge in [-0.05, 0) is 30.7 Å². The van der Waals surface area contributed by atoms with Crippen LogP contribution < -0.4 is 9.47 Å². The number of carbonyl (C=O) groups is 2. The molecular weight excluding hydrogens is 382 g/mol. The SMILES string of the molecule is COc1cc(OC)cc(C(=O)N2CCN(C(=O)c3[nH]c4ccccc4c3C)CC2)c1. The van der Waals surface area contributed by atoms with E-state index in [1.54, 1.807) is 42.2 Å². The lowest BCUT2D eigenvalue weighted by atomic mass is 10.1. The number of hydrogen-bond donors (Lipinski definition) is 1. The Morgan fingerprint density at radius 1 is 0.867 bits per heavy atom. The number of para-hydroxylation sites is 1. The predicted molar refractivity (Wildman–Crippen MR) is 114 cm³/mol. The molecule has 3 aromatic rings. The number of nitrogens with one attached hydrogen (secondary N) is 1. The smallest absolute Gasteiger partial charge is 0.270 e. The van der Waals surface area contributed by atoms with Gasteiger partial charge in [0.2, 0.25) is 0 Å². The van der Waals surface area contributed by atoms with Crippen molar-refractivity contribution < 1.29 is 19.1 Å². The van der Waals surface area contributed by atoms with E-state index in [2.05, 4.69) is 4.98 Å². The molecule has 2 aromatic carbocycles. The second-order valence-electron chi connectivity index (χ2n) is 7.36. The maximum absolute atomic E-state index is 13.1. The number of piperazine rings is 1. The molecule has 1 aromatic heterocycles. The van der Waals surface area contributed by atoms with E-state index < -0.39 is 0 Å². The number of aromatic nitrogens is 1. The van der Waals surface area contributed by atoms with Gasteiger partial charge >= 0.3 is 0 Å². The number of nitrogens with zero attached hydrogens (tertiary/aromatic N) is 2. The second-order valence-corrected chi connectivity index (χ2v) is 7.36. The topological polar surface area (TPSA) is 74.9 Å². The number of hydrogen-bond acceptors (Lipinski definition) is 4. The molecule has 1 saturated heterocycles. The third kappa shape index (κ3) is 3.58. The summed E-state index contributed by atoms with van der Waals surface area (Å²) in [7, 11) is 3.11. The van der Waals surface area contributed by atoms with Crippen molar-refractivity contribution in [1.29, 1.82) is 0 Å². The zero-order chi connectivity index (χ0) is 21.3. The van der Waals surface area contributed by atoms with Crippen LogP contribution in [-0.2, 0) is 0 Å². The normalized spacial score (nSPS) is 14.1. The molecule has 0 aliphatic carbocycles. The van der Waals surface area contributed by atoms with Gasteiger partial charge in [0.05, 0.1) is 14.2 Å². The van der Waals surface area contributed by atoms with E-state index in [1.807, 2.05) is 31.2 Å². The summed E-state index contributed by atoms with van der Waals surface area (Å²) >= 11 is 0. The first-order chi connectivity index (χ1) is 14.5. The average molecular weight is 407 g/mol. The van der Waals surface area contributed by atoms with Crippen LogP contribution in [0.2, 0.25) is 0 Å². The third-order valence-electron chi connectivity index (χ3n) is 5.63. The van der Waals surface area contributed by atoms with E-state index in [0.29, 0.717) is 48.9 Å². The summed E-state index contributed by atoms with van der Waals surface area (Å²) in [6, 6.07) is 13.0. The lowest BCUT2D eigenvalue weighted by molar-refractivity contribution is 0.0532. The molecule has 0 unspecified atom stereocenters. The molecule has 1 aliphatic rings. The van der Waals surface area contributed by atoms with Gasteiger partial charge in [0.25, 0.3) is 11.8 Å². The fraction of sp³-hybridized carbons (Fsp3) is 0.304. The molecule has 0 bridgehead atoms. The van der Waals surface area contributed by atoms with E-state index in [1.165, 1.54) is 0 Å². The summed E-state index contributed by atoms with van der Waals surface area (Å²) in [5.74, 6) is 1.02. The number of aryl methyl sites for hydroxylation is 1.